The van der Waals surface area contributed by atoms with Crippen molar-refractivity contribution in [3.63, 3.8) is 0 Å². The Hall–Kier alpha value is -0.790. The van der Waals surface area contributed by atoms with Crippen molar-refractivity contribution in [1.29, 1.82) is 0 Å². The molecule has 0 aliphatic carbocycles. The van der Waals surface area contributed by atoms with E-state index in [2.05, 4.69) is 0 Å². The maximum atomic E-state index is 13.3. The lowest BCUT2D eigenvalue weighted by molar-refractivity contribution is -0.344. The van der Waals surface area contributed by atoms with Gasteiger partial charge < -0.3 is 4.74 Å². The molecule has 0 fully saturated rings. The average Bonchev–Trinajstić information content (AvgIpc) is 2.27. The predicted octanol–water partition coefficient (Wildman–Crippen LogP) is 4.58. The molecule has 0 N–H and O–H groups in total. The average molecular weight is 296 g/mol. The molecule has 114 valence electrons. The van der Waals surface area contributed by atoms with Crippen LogP contribution in [0.1, 0.15) is 26.7 Å². The van der Waals surface area contributed by atoms with Gasteiger partial charge in [-0.3, -0.25) is 0 Å². The van der Waals surface area contributed by atoms with Crippen LogP contribution >= 0.6 is 0 Å². The Kier molecular flexibility index (Phi) is 6.31. The fraction of sp³-hybridized carbons (Fsp3) is 0.818. The zero-order valence-electron chi connectivity index (χ0n) is 10.5. The highest BCUT2D eigenvalue weighted by atomic mass is 19.4. The van der Waals surface area contributed by atoms with E-state index in [1.54, 1.807) is 6.92 Å². The molecule has 0 aromatic carbocycles. The fourth-order valence-electron chi connectivity index (χ4n) is 1.26. The first-order valence-electron chi connectivity index (χ1n) is 5.61. The summed E-state index contributed by atoms with van der Waals surface area (Å²) in [6.45, 7) is 2.58. The van der Waals surface area contributed by atoms with Crippen molar-refractivity contribution in [2.45, 2.75) is 44.7 Å². The molecule has 0 aliphatic heterocycles. The molecule has 0 bridgehead atoms. The van der Waals surface area contributed by atoms with Crippen LogP contribution in [0.3, 0.4) is 0 Å². The molecule has 0 unspecified atom stereocenters. The summed E-state index contributed by atoms with van der Waals surface area (Å²) < 4.78 is 92.8. The zero-order chi connectivity index (χ0) is 15.3. The van der Waals surface area contributed by atoms with Crippen molar-refractivity contribution >= 4 is 0 Å². The number of rotatable bonds is 7. The molecule has 0 spiro atoms. The fourth-order valence-corrected chi connectivity index (χ4v) is 1.26. The lowest BCUT2D eigenvalue weighted by Crippen LogP contribution is -2.52. The molecule has 8 heteroatoms. The number of ether oxygens (including phenoxy) is 1. The number of allylic oxidation sites excluding steroid dienone is 1. The lowest BCUT2D eigenvalue weighted by atomic mass is 9.99. The quantitative estimate of drug-likeness (QED) is 0.379. The predicted molar refractivity (Wildman–Crippen MR) is 55.4 cm³/mol. The molecule has 0 aromatic heterocycles. The normalized spacial score (nSPS) is 14.9. The molecule has 0 amide bonds. The Morgan fingerprint density at radius 2 is 1.53 bits per heavy atom. The minimum Gasteiger partial charge on any atom is -0.377 e. The van der Waals surface area contributed by atoms with Crippen LogP contribution in [0.2, 0.25) is 0 Å². The SMILES string of the molecule is CCCOC/C=C(\CC)C(F)(F)C(F)(F)C(F)(F)F. The molecule has 19 heavy (non-hydrogen) atoms. The maximum Gasteiger partial charge on any atom is 0.460 e. The van der Waals surface area contributed by atoms with E-state index in [0.29, 0.717) is 12.5 Å². The standard InChI is InChI=1S/C11H15F7O/c1-3-6-19-7-5-8(4-2)9(12,13)10(14,15)11(16,17)18/h5H,3-4,6-7H2,1-2H3/b8-5+. The molecular weight excluding hydrogens is 281 g/mol. The Bertz CT molecular complexity index is 307. The van der Waals surface area contributed by atoms with Crippen LogP contribution in [-0.2, 0) is 4.74 Å². The van der Waals surface area contributed by atoms with Crippen LogP contribution in [-0.4, -0.2) is 31.2 Å². The first-order valence-corrected chi connectivity index (χ1v) is 5.61. The molecule has 0 rings (SSSR count). The van der Waals surface area contributed by atoms with Crippen LogP contribution in [0.25, 0.3) is 0 Å². The summed E-state index contributed by atoms with van der Waals surface area (Å²) in [7, 11) is 0. The molecular formula is C11H15F7O. The summed E-state index contributed by atoms with van der Waals surface area (Å²) >= 11 is 0. The van der Waals surface area contributed by atoms with Gasteiger partial charge >= 0.3 is 18.0 Å². The molecule has 0 heterocycles. The summed E-state index contributed by atoms with van der Waals surface area (Å²) in [6, 6.07) is 0. The molecule has 0 radical (unpaired) electrons. The summed E-state index contributed by atoms with van der Waals surface area (Å²) in [6.07, 6.45) is -5.79. The van der Waals surface area contributed by atoms with Gasteiger partial charge in [-0.05, 0) is 12.8 Å². The van der Waals surface area contributed by atoms with Crippen molar-refractivity contribution in [2.75, 3.05) is 13.2 Å². The van der Waals surface area contributed by atoms with Gasteiger partial charge in [0.2, 0.25) is 0 Å². The van der Waals surface area contributed by atoms with E-state index in [1.807, 2.05) is 0 Å². The third-order valence-electron chi connectivity index (χ3n) is 2.33. The molecule has 0 aromatic rings. The summed E-state index contributed by atoms with van der Waals surface area (Å²) in [5, 5.41) is 0. The van der Waals surface area contributed by atoms with Crippen LogP contribution < -0.4 is 0 Å². The summed E-state index contributed by atoms with van der Waals surface area (Å²) in [4.78, 5) is 0. The number of halogens is 7. The molecule has 0 atom stereocenters. The Labute approximate surface area is 106 Å². The minimum absolute atomic E-state index is 0.203. The first-order chi connectivity index (χ1) is 8.52. The van der Waals surface area contributed by atoms with Gasteiger partial charge in [-0.15, -0.1) is 0 Å². The van der Waals surface area contributed by atoms with E-state index in [4.69, 9.17) is 4.74 Å². The van der Waals surface area contributed by atoms with Crippen molar-refractivity contribution in [1.82, 2.24) is 0 Å². The number of alkyl halides is 7. The van der Waals surface area contributed by atoms with Crippen molar-refractivity contribution in [3.8, 4) is 0 Å². The Morgan fingerprint density at radius 3 is 1.89 bits per heavy atom. The largest absolute Gasteiger partial charge is 0.460 e. The van der Waals surface area contributed by atoms with Gasteiger partial charge in [-0.2, -0.15) is 30.7 Å². The molecule has 0 saturated carbocycles. The Balaban J connectivity index is 5.12. The van der Waals surface area contributed by atoms with E-state index in [0.717, 1.165) is 6.92 Å². The highest BCUT2D eigenvalue weighted by molar-refractivity contribution is 5.19. The van der Waals surface area contributed by atoms with Crippen molar-refractivity contribution in [2.24, 2.45) is 0 Å². The van der Waals surface area contributed by atoms with Gasteiger partial charge in [0.05, 0.1) is 6.61 Å². The van der Waals surface area contributed by atoms with Crippen LogP contribution in [0, 0.1) is 0 Å². The van der Waals surface area contributed by atoms with E-state index in [-0.39, 0.29) is 6.61 Å². The van der Waals surface area contributed by atoms with Gasteiger partial charge in [-0.25, -0.2) is 0 Å². The van der Waals surface area contributed by atoms with E-state index < -0.39 is 36.6 Å². The zero-order valence-corrected chi connectivity index (χ0v) is 10.5. The highest BCUT2D eigenvalue weighted by Crippen LogP contribution is 2.50. The Morgan fingerprint density at radius 1 is 1.00 bits per heavy atom. The van der Waals surface area contributed by atoms with Crippen LogP contribution in [0.4, 0.5) is 30.7 Å². The maximum absolute atomic E-state index is 13.3. The molecule has 1 nitrogen and oxygen atoms in total. The van der Waals surface area contributed by atoms with Crippen LogP contribution in [0.15, 0.2) is 11.6 Å². The molecule has 0 saturated heterocycles. The second-order valence-corrected chi connectivity index (χ2v) is 3.80. The second kappa shape index (κ2) is 6.58. The van der Waals surface area contributed by atoms with Crippen molar-refractivity contribution in [3.05, 3.63) is 11.6 Å². The summed E-state index contributed by atoms with van der Waals surface area (Å²) in [5.41, 5.74) is -1.29. The third kappa shape index (κ3) is 4.09. The van der Waals surface area contributed by atoms with E-state index in [1.165, 1.54) is 0 Å². The van der Waals surface area contributed by atoms with Gasteiger partial charge in [0, 0.05) is 12.2 Å². The monoisotopic (exact) mass is 296 g/mol. The highest BCUT2D eigenvalue weighted by Gasteiger charge is 2.73. The third-order valence-corrected chi connectivity index (χ3v) is 2.33. The topological polar surface area (TPSA) is 9.23 Å². The van der Waals surface area contributed by atoms with Crippen LogP contribution in [0.5, 0.6) is 0 Å². The van der Waals surface area contributed by atoms with E-state index >= 15 is 0 Å². The van der Waals surface area contributed by atoms with Gasteiger partial charge in [0.25, 0.3) is 0 Å². The van der Waals surface area contributed by atoms with Crippen molar-refractivity contribution < 1.29 is 35.5 Å². The van der Waals surface area contributed by atoms with Gasteiger partial charge in [0.15, 0.2) is 0 Å². The first kappa shape index (κ1) is 18.2. The van der Waals surface area contributed by atoms with Gasteiger partial charge in [0.1, 0.15) is 0 Å². The number of hydrogen-bond donors (Lipinski definition) is 0. The van der Waals surface area contributed by atoms with Gasteiger partial charge in [-0.1, -0.05) is 19.9 Å². The molecule has 0 aliphatic rings. The number of hydrogen-bond acceptors (Lipinski definition) is 1. The second-order valence-electron chi connectivity index (χ2n) is 3.80. The summed E-state index contributed by atoms with van der Waals surface area (Å²) in [5.74, 6) is -11.4. The lowest BCUT2D eigenvalue weighted by Gasteiger charge is -2.29. The smallest absolute Gasteiger partial charge is 0.377 e. The minimum atomic E-state index is -6.31. The van der Waals surface area contributed by atoms with E-state index in [9.17, 15) is 30.7 Å².